The number of carbonyl (C=O) groups excluding carboxylic acids is 1. The maximum Gasteiger partial charge on any atom is 0.317 e. The predicted molar refractivity (Wildman–Crippen MR) is 76.0 cm³/mol. The van der Waals surface area contributed by atoms with E-state index in [1.807, 2.05) is 0 Å². The van der Waals surface area contributed by atoms with E-state index in [-0.39, 0.29) is 12.5 Å². The largest absolute Gasteiger partial charge is 0.481 e. The van der Waals surface area contributed by atoms with Crippen LogP contribution in [0.25, 0.3) is 0 Å². The Balaban J connectivity index is 4.01. The quantitative estimate of drug-likeness (QED) is 0.632. The van der Waals surface area contributed by atoms with Crippen LogP contribution in [0.1, 0.15) is 33.1 Å². The highest BCUT2D eigenvalue weighted by Crippen LogP contribution is 2.20. The van der Waals surface area contributed by atoms with Gasteiger partial charge in [0.15, 0.2) is 0 Å². The van der Waals surface area contributed by atoms with E-state index in [0.717, 1.165) is 6.42 Å². The van der Waals surface area contributed by atoms with Crippen LogP contribution in [0.5, 0.6) is 0 Å². The number of hydrogen-bond acceptors (Lipinski definition) is 2. The number of likely N-dealkylation sites (N-methyl/N-ethyl adjacent to an activating group) is 1. The molecule has 5 nitrogen and oxygen atoms in total. The van der Waals surface area contributed by atoms with E-state index in [0.29, 0.717) is 31.3 Å². The predicted octanol–water partition coefficient (Wildman–Crippen LogP) is 2.34. The Morgan fingerprint density at radius 3 is 2.47 bits per heavy atom. The SMILES string of the molecule is C=CCN(C)C(=O)NCCC(CCC(=O)O)C(C)C. The lowest BCUT2D eigenvalue weighted by Crippen LogP contribution is -2.38. The van der Waals surface area contributed by atoms with Gasteiger partial charge in [0.25, 0.3) is 0 Å². The van der Waals surface area contributed by atoms with Crippen molar-refractivity contribution in [2.24, 2.45) is 11.8 Å². The molecule has 0 heterocycles. The second-order valence-electron chi connectivity index (χ2n) is 5.13. The van der Waals surface area contributed by atoms with Crippen molar-refractivity contribution in [3.8, 4) is 0 Å². The van der Waals surface area contributed by atoms with Gasteiger partial charge < -0.3 is 15.3 Å². The van der Waals surface area contributed by atoms with Gasteiger partial charge in [0.05, 0.1) is 0 Å². The Kier molecular flexibility index (Phi) is 8.66. The maximum absolute atomic E-state index is 11.6. The van der Waals surface area contributed by atoms with Gasteiger partial charge >= 0.3 is 12.0 Å². The molecular formula is C14H26N2O3. The highest BCUT2D eigenvalue weighted by molar-refractivity contribution is 5.73. The monoisotopic (exact) mass is 270 g/mol. The number of carbonyl (C=O) groups is 2. The number of carboxylic acids is 1. The molecule has 0 aromatic heterocycles. The average molecular weight is 270 g/mol. The summed E-state index contributed by atoms with van der Waals surface area (Å²) in [5.41, 5.74) is 0. The van der Waals surface area contributed by atoms with E-state index >= 15 is 0 Å². The van der Waals surface area contributed by atoms with E-state index in [2.05, 4.69) is 25.7 Å². The number of nitrogens with one attached hydrogen (secondary N) is 1. The van der Waals surface area contributed by atoms with Gasteiger partial charge in [0, 0.05) is 26.6 Å². The Hall–Kier alpha value is -1.52. The molecule has 0 saturated carbocycles. The van der Waals surface area contributed by atoms with Crippen molar-refractivity contribution in [2.75, 3.05) is 20.1 Å². The molecule has 0 rings (SSSR count). The Morgan fingerprint density at radius 2 is 2.00 bits per heavy atom. The summed E-state index contributed by atoms with van der Waals surface area (Å²) in [6.07, 6.45) is 3.32. The first-order chi connectivity index (χ1) is 8.88. The lowest BCUT2D eigenvalue weighted by atomic mass is 9.88. The van der Waals surface area contributed by atoms with Crippen LogP contribution in [0.2, 0.25) is 0 Å². The van der Waals surface area contributed by atoms with Crippen LogP contribution in [0.4, 0.5) is 4.79 Å². The summed E-state index contributed by atoms with van der Waals surface area (Å²) in [5.74, 6) is -0.0244. The summed E-state index contributed by atoms with van der Waals surface area (Å²) in [7, 11) is 1.71. The van der Waals surface area contributed by atoms with Gasteiger partial charge in [0.2, 0.25) is 0 Å². The molecule has 0 aromatic carbocycles. The van der Waals surface area contributed by atoms with Gasteiger partial charge in [0.1, 0.15) is 0 Å². The minimum atomic E-state index is -0.764. The van der Waals surface area contributed by atoms with Crippen molar-refractivity contribution in [2.45, 2.75) is 33.1 Å². The summed E-state index contributed by atoms with van der Waals surface area (Å²) >= 11 is 0. The zero-order valence-corrected chi connectivity index (χ0v) is 12.2. The van der Waals surface area contributed by atoms with Crippen molar-refractivity contribution in [1.82, 2.24) is 10.2 Å². The molecule has 0 fully saturated rings. The number of urea groups is 1. The third-order valence-corrected chi connectivity index (χ3v) is 3.21. The van der Waals surface area contributed by atoms with Crippen LogP contribution in [-0.2, 0) is 4.79 Å². The highest BCUT2D eigenvalue weighted by Gasteiger charge is 2.15. The van der Waals surface area contributed by atoms with Gasteiger partial charge in [-0.25, -0.2) is 4.79 Å². The fourth-order valence-corrected chi connectivity index (χ4v) is 1.90. The molecule has 0 aliphatic carbocycles. The molecule has 0 aliphatic rings. The first kappa shape index (κ1) is 17.5. The first-order valence-corrected chi connectivity index (χ1v) is 6.70. The van der Waals surface area contributed by atoms with Crippen molar-refractivity contribution in [3.63, 3.8) is 0 Å². The summed E-state index contributed by atoms with van der Waals surface area (Å²) in [6, 6.07) is -0.124. The van der Waals surface area contributed by atoms with E-state index in [1.54, 1.807) is 18.0 Å². The third-order valence-electron chi connectivity index (χ3n) is 3.21. The molecule has 19 heavy (non-hydrogen) atoms. The van der Waals surface area contributed by atoms with Crippen molar-refractivity contribution >= 4 is 12.0 Å². The van der Waals surface area contributed by atoms with E-state index < -0.39 is 5.97 Å². The third kappa shape index (κ3) is 8.24. The number of nitrogens with zero attached hydrogens (tertiary/aromatic N) is 1. The molecule has 110 valence electrons. The van der Waals surface area contributed by atoms with Gasteiger partial charge in [-0.1, -0.05) is 19.9 Å². The second-order valence-corrected chi connectivity index (χ2v) is 5.13. The topological polar surface area (TPSA) is 69.6 Å². The zero-order valence-electron chi connectivity index (χ0n) is 12.2. The van der Waals surface area contributed by atoms with Crippen LogP contribution in [0, 0.1) is 11.8 Å². The molecule has 5 heteroatoms. The van der Waals surface area contributed by atoms with E-state index in [4.69, 9.17) is 5.11 Å². The molecule has 0 aromatic rings. The minimum absolute atomic E-state index is 0.124. The Morgan fingerprint density at radius 1 is 1.37 bits per heavy atom. The van der Waals surface area contributed by atoms with Crippen LogP contribution >= 0.6 is 0 Å². The van der Waals surface area contributed by atoms with Crippen molar-refractivity contribution < 1.29 is 14.7 Å². The number of amides is 2. The molecule has 2 N–H and O–H groups in total. The fraction of sp³-hybridized carbons (Fsp3) is 0.714. The Bertz CT molecular complexity index is 303. The Labute approximate surface area is 115 Å². The molecular weight excluding hydrogens is 244 g/mol. The molecule has 0 spiro atoms. The standard InChI is InChI=1S/C14H26N2O3/c1-5-10-16(4)14(19)15-9-8-12(11(2)3)6-7-13(17)18/h5,11-12H,1,6-10H2,2-4H3,(H,15,19)(H,17,18). The molecule has 1 atom stereocenters. The molecule has 0 saturated heterocycles. The van der Waals surface area contributed by atoms with Crippen molar-refractivity contribution in [3.05, 3.63) is 12.7 Å². The van der Waals surface area contributed by atoms with Gasteiger partial charge in [-0.15, -0.1) is 6.58 Å². The van der Waals surface area contributed by atoms with Gasteiger partial charge in [-0.2, -0.15) is 0 Å². The van der Waals surface area contributed by atoms with Crippen LogP contribution in [0.15, 0.2) is 12.7 Å². The minimum Gasteiger partial charge on any atom is -0.481 e. The van der Waals surface area contributed by atoms with Crippen LogP contribution in [-0.4, -0.2) is 42.1 Å². The molecule has 0 bridgehead atoms. The van der Waals surface area contributed by atoms with Gasteiger partial charge in [-0.3, -0.25) is 4.79 Å². The summed E-state index contributed by atoms with van der Waals surface area (Å²) in [5, 5.41) is 11.5. The van der Waals surface area contributed by atoms with Gasteiger partial charge in [-0.05, 0) is 24.7 Å². The number of rotatable bonds is 9. The molecule has 2 amide bonds. The zero-order chi connectivity index (χ0) is 14.8. The van der Waals surface area contributed by atoms with Crippen molar-refractivity contribution in [1.29, 1.82) is 0 Å². The average Bonchev–Trinajstić information content (AvgIpc) is 2.32. The highest BCUT2D eigenvalue weighted by atomic mass is 16.4. The summed E-state index contributed by atoms with van der Waals surface area (Å²) in [4.78, 5) is 23.8. The smallest absolute Gasteiger partial charge is 0.317 e. The fourth-order valence-electron chi connectivity index (χ4n) is 1.90. The second kappa shape index (κ2) is 9.42. The van der Waals surface area contributed by atoms with Crippen LogP contribution < -0.4 is 5.32 Å². The number of carboxylic acid groups (broad SMARTS) is 1. The summed E-state index contributed by atoms with van der Waals surface area (Å²) in [6.45, 7) is 8.83. The number of hydrogen-bond donors (Lipinski definition) is 2. The normalized spacial score (nSPS) is 12.0. The number of aliphatic carboxylic acids is 1. The molecule has 1 unspecified atom stereocenters. The summed E-state index contributed by atoms with van der Waals surface area (Å²) < 4.78 is 0. The first-order valence-electron chi connectivity index (χ1n) is 6.70. The lowest BCUT2D eigenvalue weighted by Gasteiger charge is -2.21. The van der Waals surface area contributed by atoms with E-state index in [1.165, 1.54) is 0 Å². The van der Waals surface area contributed by atoms with E-state index in [9.17, 15) is 9.59 Å². The molecule has 0 aliphatic heterocycles. The van der Waals surface area contributed by atoms with Crippen LogP contribution in [0.3, 0.4) is 0 Å². The lowest BCUT2D eigenvalue weighted by molar-refractivity contribution is -0.137. The molecule has 0 radical (unpaired) electrons. The maximum atomic E-state index is 11.6.